The third-order valence-corrected chi connectivity index (χ3v) is 4.56. The molecule has 3 nitrogen and oxygen atoms in total. The van der Waals surface area contributed by atoms with Gasteiger partial charge >= 0.3 is 0 Å². The first-order chi connectivity index (χ1) is 7.96. The van der Waals surface area contributed by atoms with Crippen molar-refractivity contribution < 1.29 is 18.6 Å². The molecule has 3 aliphatic rings. The maximum absolute atomic E-state index is 13.2. The topological polar surface area (TPSA) is 27.7 Å². The first-order valence-corrected chi connectivity index (χ1v) is 6.28. The van der Waals surface area contributed by atoms with Gasteiger partial charge in [0.1, 0.15) is 18.3 Å². The minimum atomic E-state index is -0.594. The summed E-state index contributed by atoms with van der Waals surface area (Å²) in [6, 6.07) is 0. The van der Waals surface area contributed by atoms with E-state index < -0.39 is 5.79 Å². The van der Waals surface area contributed by atoms with Crippen molar-refractivity contribution >= 4 is 0 Å². The summed E-state index contributed by atoms with van der Waals surface area (Å²) in [6.07, 6.45) is 0.970. The van der Waals surface area contributed by atoms with Crippen molar-refractivity contribution in [2.45, 2.75) is 64.3 Å². The lowest BCUT2D eigenvalue weighted by atomic mass is 9.75. The van der Waals surface area contributed by atoms with Gasteiger partial charge in [0.25, 0.3) is 0 Å². The normalized spacial score (nSPS) is 53.4. The molecule has 1 saturated carbocycles. The summed E-state index contributed by atoms with van der Waals surface area (Å²) in [5.41, 5.74) is 0.371. The molecule has 96 valence electrons. The Morgan fingerprint density at radius 1 is 1.35 bits per heavy atom. The predicted octanol–water partition coefficient (Wildman–Crippen LogP) is 2.56. The quantitative estimate of drug-likeness (QED) is 0.707. The molecule has 2 bridgehead atoms. The van der Waals surface area contributed by atoms with Gasteiger partial charge in [0.05, 0.1) is 17.8 Å². The van der Waals surface area contributed by atoms with Gasteiger partial charge in [0.2, 0.25) is 0 Å². The third kappa shape index (κ3) is 1.21. The lowest BCUT2D eigenvalue weighted by Crippen LogP contribution is -2.47. The molecule has 0 amide bonds. The van der Waals surface area contributed by atoms with Gasteiger partial charge in [-0.25, -0.2) is 4.39 Å². The van der Waals surface area contributed by atoms with E-state index in [4.69, 9.17) is 14.2 Å². The van der Waals surface area contributed by atoms with Crippen molar-refractivity contribution in [2.75, 3.05) is 0 Å². The number of hydrogen-bond acceptors (Lipinski definition) is 3. The van der Waals surface area contributed by atoms with Gasteiger partial charge in [-0.05, 0) is 27.2 Å². The van der Waals surface area contributed by atoms with Crippen LogP contribution in [0.4, 0.5) is 4.39 Å². The number of halogens is 1. The van der Waals surface area contributed by atoms with Crippen LogP contribution in [0, 0.1) is 5.41 Å². The zero-order chi connectivity index (χ0) is 12.4. The van der Waals surface area contributed by atoms with Crippen LogP contribution in [-0.2, 0) is 14.2 Å². The van der Waals surface area contributed by atoms with E-state index in [0.717, 1.165) is 12.0 Å². The predicted molar refractivity (Wildman–Crippen MR) is 60.1 cm³/mol. The number of fused-ring (bicyclic) bond motifs is 5. The van der Waals surface area contributed by atoms with Gasteiger partial charge in [-0.1, -0.05) is 6.92 Å². The van der Waals surface area contributed by atoms with Crippen LogP contribution >= 0.6 is 0 Å². The van der Waals surface area contributed by atoms with E-state index in [1.54, 1.807) is 0 Å². The highest BCUT2D eigenvalue weighted by molar-refractivity contribution is 5.36. The SMILES string of the molecule is CC[C@]12C(=CF)[C@H](O[C@@H]1C)[C@@H]1OC(C)(C)O[C@@H]12. The Morgan fingerprint density at radius 2 is 2.06 bits per heavy atom. The second kappa shape index (κ2) is 3.31. The zero-order valence-electron chi connectivity index (χ0n) is 10.7. The Morgan fingerprint density at radius 3 is 2.65 bits per heavy atom. The van der Waals surface area contributed by atoms with E-state index in [1.807, 2.05) is 20.8 Å². The van der Waals surface area contributed by atoms with Gasteiger partial charge < -0.3 is 14.2 Å². The number of rotatable bonds is 1. The maximum Gasteiger partial charge on any atom is 0.163 e. The van der Waals surface area contributed by atoms with Crippen molar-refractivity contribution in [1.29, 1.82) is 0 Å². The highest BCUT2D eigenvalue weighted by Gasteiger charge is 2.70. The second-order valence-electron chi connectivity index (χ2n) is 5.68. The van der Waals surface area contributed by atoms with Crippen LogP contribution in [0.25, 0.3) is 0 Å². The standard InChI is InChI=1S/C13H19FO3/c1-5-13-7(2)15-9(8(13)6-14)10-11(13)17-12(3,4)16-10/h6-7,9-11H,5H2,1-4H3/t7-,9+,10+,11+,13-/m1/s1. The molecule has 17 heavy (non-hydrogen) atoms. The van der Waals surface area contributed by atoms with Gasteiger partial charge in [-0.15, -0.1) is 0 Å². The molecule has 1 aliphatic carbocycles. The fourth-order valence-electron chi connectivity index (χ4n) is 3.83. The Kier molecular flexibility index (Phi) is 2.26. The van der Waals surface area contributed by atoms with Crippen molar-refractivity contribution in [2.24, 2.45) is 5.41 Å². The van der Waals surface area contributed by atoms with Crippen LogP contribution in [0.5, 0.6) is 0 Å². The fourth-order valence-corrected chi connectivity index (χ4v) is 3.83. The number of ether oxygens (including phenoxy) is 3. The smallest absolute Gasteiger partial charge is 0.163 e. The van der Waals surface area contributed by atoms with Gasteiger partial charge in [-0.3, -0.25) is 0 Å². The van der Waals surface area contributed by atoms with Crippen molar-refractivity contribution in [3.63, 3.8) is 0 Å². The zero-order valence-corrected chi connectivity index (χ0v) is 10.7. The Bertz CT molecular complexity index is 379. The molecule has 2 saturated heterocycles. The molecular weight excluding hydrogens is 223 g/mol. The summed E-state index contributed by atoms with van der Waals surface area (Å²) in [6.45, 7) is 7.86. The average molecular weight is 242 g/mol. The van der Waals surface area contributed by atoms with Crippen LogP contribution in [0.15, 0.2) is 11.9 Å². The van der Waals surface area contributed by atoms with Crippen molar-refractivity contribution in [1.82, 2.24) is 0 Å². The molecule has 4 heteroatoms. The second-order valence-corrected chi connectivity index (χ2v) is 5.68. The number of hydrogen-bond donors (Lipinski definition) is 0. The Labute approximate surface area is 101 Å². The summed E-state index contributed by atoms with van der Waals surface area (Å²) in [5, 5.41) is 0. The molecule has 0 aromatic rings. The molecule has 0 unspecified atom stereocenters. The molecule has 3 rings (SSSR count). The molecule has 0 spiro atoms. The first-order valence-electron chi connectivity index (χ1n) is 6.28. The molecule has 0 aromatic carbocycles. The summed E-state index contributed by atoms with van der Waals surface area (Å²) < 4.78 is 30.9. The van der Waals surface area contributed by atoms with E-state index in [9.17, 15) is 4.39 Å². The third-order valence-electron chi connectivity index (χ3n) is 4.56. The molecule has 2 heterocycles. The first kappa shape index (κ1) is 11.6. The van der Waals surface area contributed by atoms with Crippen molar-refractivity contribution in [3.05, 3.63) is 11.9 Å². The van der Waals surface area contributed by atoms with Crippen molar-refractivity contribution in [3.8, 4) is 0 Å². The lowest BCUT2D eigenvalue weighted by Gasteiger charge is -2.37. The largest absolute Gasteiger partial charge is 0.367 e. The summed E-state index contributed by atoms with van der Waals surface area (Å²) in [4.78, 5) is 0. The molecule has 0 aromatic heterocycles. The van der Waals surface area contributed by atoms with Gasteiger partial charge in [0, 0.05) is 5.57 Å². The van der Waals surface area contributed by atoms with Crippen LogP contribution in [0.1, 0.15) is 34.1 Å². The highest BCUT2D eigenvalue weighted by atomic mass is 19.1. The molecule has 3 fully saturated rings. The Balaban J connectivity index is 2.07. The Hall–Kier alpha value is -0.450. The van der Waals surface area contributed by atoms with Crippen LogP contribution in [0.3, 0.4) is 0 Å². The molecule has 2 aliphatic heterocycles. The molecule has 0 N–H and O–H groups in total. The molecule has 5 atom stereocenters. The maximum atomic E-state index is 13.2. The van der Waals surface area contributed by atoms with E-state index in [-0.39, 0.29) is 29.8 Å². The highest BCUT2D eigenvalue weighted by Crippen LogP contribution is 2.61. The molecular formula is C13H19FO3. The van der Waals surface area contributed by atoms with Gasteiger partial charge in [-0.2, -0.15) is 0 Å². The minimum absolute atomic E-state index is 0.0155. The van der Waals surface area contributed by atoms with Crippen LogP contribution in [-0.4, -0.2) is 30.2 Å². The summed E-state index contributed by atoms with van der Waals surface area (Å²) in [5.74, 6) is -0.594. The van der Waals surface area contributed by atoms with E-state index in [1.165, 1.54) is 0 Å². The van der Waals surface area contributed by atoms with E-state index >= 15 is 0 Å². The van der Waals surface area contributed by atoms with E-state index in [2.05, 4.69) is 6.92 Å². The molecule has 0 radical (unpaired) electrons. The summed E-state index contributed by atoms with van der Waals surface area (Å²) >= 11 is 0. The van der Waals surface area contributed by atoms with Crippen LogP contribution in [0.2, 0.25) is 0 Å². The fraction of sp³-hybridized carbons (Fsp3) is 0.846. The van der Waals surface area contributed by atoms with Crippen LogP contribution < -0.4 is 0 Å². The average Bonchev–Trinajstić information content (AvgIpc) is 2.79. The lowest BCUT2D eigenvalue weighted by molar-refractivity contribution is -0.158. The monoisotopic (exact) mass is 242 g/mol. The van der Waals surface area contributed by atoms with Gasteiger partial charge in [0.15, 0.2) is 5.79 Å². The summed E-state index contributed by atoms with van der Waals surface area (Å²) in [7, 11) is 0. The van der Waals surface area contributed by atoms with E-state index in [0.29, 0.717) is 6.33 Å². The minimum Gasteiger partial charge on any atom is -0.367 e.